The molecule has 188 valence electrons. The molecule has 0 saturated carbocycles. The Kier molecular flexibility index (Phi) is 7.96. The maximum absolute atomic E-state index is 13.0. The highest BCUT2D eigenvalue weighted by Gasteiger charge is 2.35. The molecule has 1 aromatic carbocycles. The molecule has 2 heterocycles. The minimum atomic E-state index is -0.904. The van der Waals surface area contributed by atoms with Gasteiger partial charge in [0.15, 0.2) is 22.7 Å². The summed E-state index contributed by atoms with van der Waals surface area (Å²) < 4.78 is 11.5. The summed E-state index contributed by atoms with van der Waals surface area (Å²) >= 11 is 0. The van der Waals surface area contributed by atoms with Crippen molar-refractivity contribution in [2.45, 2.75) is 52.7 Å². The van der Waals surface area contributed by atoms with Gasteiger partial charge in [-0.05, 0) is 44.4 Å². The van der Waals surface area contributed by atoms with Gasteiger partial charge in [-0.25, -0.2) is 4.98 Å². The molecule has 0 radical (unpaired) electrons. The third-order valence-electron chi connectivity index (χ3n) is 5.16. The molecule has 1 aromatic heterocycles. The Morgan fingerprint density at radius 2 is 2.14 bits per heavy atom. The third kappa shape index (κ3) is 7.16. The SMILES string of the molecule is Cc1nc2c(OC3=CC(=O)N([C@@H](CC(C)C)C(=O)NC(=N)/C=C\NCC(C)(C)O)C3)cccc2o1. The molecule has 0 bridgehead atoms. The molecule has 4 N–H and O–H groups in total. The Balaban J connectivity index is 1.66. The van der Waals surface area contributed by atoms with E-state index in [1.807, 2.05) is 13.8 Å². The lowest BCUT2D eigenvalue weighted by Crippen LogP contribution is -2.49. The molecule has 1 aliphatic rings. The lowest BCUT2D eigenvalue weighted by atomic mass is 10.0. The number of carbonyl (C=O) groups is 2. The molecule has 10 heteroatoms. The maximum Gasteiger partial charge on any atom is 0.251 e. The average molecular weight is 484 g/mol. The highest BCUT2D eigenvalue weighted by molar-refractivity contribution is 6.05. The summed E-state index contributed by atoms with van der Waals surface area (Å²) in [4.78, 5) is 31.6. The summed E-state index contributed by atoms with van der Waals surface area (Å²) in [5, 5.41) is 23.2. The minimum absolute atomic E-state index is 0.118. The number of aromatic nitrogens is 1. The molecule has 0 unspecified atom stereocenters. The van der Waals surface area contributed by atoms with E-state index in [0.29, 0.717) is 41.5 Å². The van der Waals surface area contributed by atoms with Gasteiger partial charge < -0.3 is 29.8 Å². The van der Waals surface area contributed by atoms with E-state index in [4.69, 9.17) is 14.6 Å². The van der Waals surface area contributed by atoms with E-state index in [1.54, 1.807) is 39.0 Å². The fraction of sp³-hybridized carbons (Fsp3) is 0.440. The van der Waals surface area contributed by atoms with Gasteiger partial charge in [0.1, 0.15) is 17.6 Å². The van der Waals surface area contributed by atoms with Crippen LogP contribution in [0, 0.1) is 18.3 Å². The second-order valence-electron chi connectivity index (χ2n) is 9.59. The van der Waals surface area contributed by atoms with E-state index >= 15 is 0 Å². The van der Waals surface area contributed by atoms with Gasteiger partial charge >= 0.3 is 0 Å². The number of nitrogens with one attached hydrogen (secondary N) is 3. The molecule has 0 aliphatic carbocycles. The van der Waals surface area contributed by atoms with E-state index in [1.165, 1.54) is 23.3 Å². The second kappa shape index (κ2) is 10.7. The van der Waals surface area contributed by atoms with Crippen molar-refractivity contribution in [3.8, 4) is 5.75 Å². The number of aryl methyl sites for hydroxylation is 1. The molecule has 35 heavy (non-hydrogen) atoms. The van der Waals surface area contributed by atoms with Crippen molar-refractivity contribution in [1.29, 1.82) is 5.41 Å². The van der Waals surface area contributed by atoms with Crippen LogP contribution in [-0.4, -0.2) is 57.4 Å². The lowest BCUT2D eigenvalue weighted by Gasteiger charge is -2.28. The summed E-state index contributed by atoms with van der Waals surface area (Å²) in [7, 11) is 0. The number of oxazole rings is 1. The van der Waals surface area contributed by atoms with Crippen LogP contribution in [0.25, 0.3) is 11.1 Å². The maximum atomic E-state index is 13.0. The van der Waals surface area contributed by atoms with Crippen LogP contribution < -0.4 is 15.4 Å². The van der Waals surface area contributed by atoms with Crippen LogP contribution in [0.5, 0.6) is 5.75 Å². The van der Waals surface area contributed by atoms with Gasteiger partial charge in [0.2, 0.25) is 5.91 Å². The van der Waals surface area contributed by atoms with Gasteiger partial charge in [0.25, 0.3) is 5.91 Å². The van der Waals surface area contributed by atoms with Crippen molar-refractivity contribution in [1.82, 2.24) is 20.5 Å². The van der Waals surface area contributed by atoms with Crippen LogP contribution in [0.2, 0.25) is 0 Å². The number of rotatable bonds is 10. The smallest absolute Gasteiger partial charge is 0.251 e. The average Bonchev–Trinajstić information content (AvgIpc) is 3.30. The largest absolute Gasteiger partial charge is 0.457 e. The van der Waals surface area contributed by atoms with Gasteiger partial charge in [0, 0.05) is 25.7 Å². The quantitative estimate of drug-likeness (QED) is 0.301. The molecular formula is C25H33N5O5. The predicted molar refractivity (Wildman–Crippen MR) is 132 cm³/mol. The van der Waals surface area contributed by atoms with Crippen LogP contribution in [0.3, 0.4) is 0 Å². The van der Waals surface area contributed by atoms with E-state index in [0.717, 1.165) is 0 Å². The summed E-state index contributed by atoms with van der Waals surface area (Å²) in [6, 6.07) is 4.54. The van der Waals surface area contributed by atoms with Crippen LogP contribution in [-0.2, 0) is 9.59 Å². The topological polar surface area (TPSA) is 141 Å². The molecule has 0 spiro atoms. The predicted octanol–water partition coefficient (Wildman–Crippen LogP) is 2.62. The number of nitrogens with zero attached hydrogens (tertiary/aromatic N) is 2. The van der Waals surface area contributed by atoms with Crippen LogP contribution in [0.15, 0.2) is 46.7 Å². The van der Waals surface area contributed by atoms with E-state index in [9.17, 15) is 14.7 Å². The number of ether oxygens (including phenoxy) is 1. The number of para-hydroxylation sites is 1. The van der Waals surface area contributed by atoms with E-state index in [-0.39, 0.29) is 24.2 Å². The van der Waals surface area contributed by atoms with E-state index < -0.39 is 17.6 Å². The Morgan fingerprint density at radius 1 is 1.40 bits per heavy atom. The van der Waals surface area contributed by atoms with Crippen molar-refractivity contribution in [3.05, 3.63) is 48.2 Å². The lowest BCUT2D eigenvalue weighted by molar-refractivity contribution is -0.135. The fourth-order valence-electron chi connectivity index (χ4n) is 3.63. The normalized spacial score (nSPS) is 15.1. The molecule has 10 nitrogen and oxygen atoms in total. The first-order valence-corrected chi connectivity index (χ1v) is 11.5. The monoisotopic (exact) mass is 483 g/mol. The first kappa shape index (κ1) is 26.0. The van der Waals surface area contributed by atoms with Crippen LogP contribution >= 0.6 is 0 Å². The summed E-state index contributed by atoms with van der Waals surface area (Å²) in [5.74, 6) is 0.594. The molecule has 2 amide bonds. The zero-order valence-corrected chi connectivity index (χ0v) is 20.7. The highest BCUT2D eigenvalue weighted by atomic mass is 16.5. The van der Waals surface area contributed by atoms with Gasteiger partial charge in [0.05, 0.1) is 12.1 Å². The Morgan fingerprint density at radius 3 is 2.83 bits per heavy atom. The summed E-state index contributed by atoms with van der Waals surface area (Å²) in [5.41, 5.74) is 0.244. The summed E-state index contributed by atoms with van der Waals surface area (Å²) in [6.45, 7) is 9.39. The summed E-state index contributed by atoms with van der Waals surface area (Å²) in [6.07, 6.45) is 4.66. The first-order valence-electron chi connectivity index (χ1n) is 11.5. The van der Waals surface area contributed by atoms with Crippen LogP contribution in [0.1, 0.15) is 40.0 Å². The van der Waals surface area contributed by atoms with E-state index in [2.05, 4.69) is 15.6 Å². The third-order valence-corrected chi connectivity index (χ3v) is 5.16. The number of aliphatic hydroxyl groups is 1. The molecule has 2 aromatic rings. The Hall–Kier alpha value is -3.66. The minimum Gasteiger partial charge on any atom is -0.457 e. The van der Waals surface area contributed by atoms with Crippen molar-refractivity contribution < 1.29 is 23.8 Å². The Bertz CT molecular complexity index is 1160. The zero-order chi connectivity index (χ0) is 25.8. The molecular weight excluding hydrogens is 450 g/mol. The number of hydrogen-bond acceptors (Lipinski definition) is 8. The van der Waals surface area contributed by atoms with Crippen molar-refractivity contribution in [3.63, 3.8) is 0 Å². The number of hydrogen-bond donors (Lipinski definition) is 4. The first-order chi connectivity index (χ1) is 16.4. The molecule has 0 fully saturated rings. The fourth-order valence-corrected chi connectivity index (χ4v) is 3.63. The molecule has 1 atom stereocenters. The number of fused-ring (bicyclic) bond motifs is 1. The molecule has 3 rings (SSSR count). The Labute approximate surface area is 204 Å². The number of carbonyl (C=O) groups excluding carboxylic acids is 2. The molecule has 1 aliphatic heterocycles. The second-order valence-corrected chi connectivity index (χ2v) is 9.59. The highest BCUT2D eigenvalue weighted by Crippen LogP contribution is 2.29. The number of benzene rings is 1. The number of amidine groups is 1. The van der Waals surface area contributed by atoms with Crippen molar-refractivity contribution >= 4 is 28.7 Å². The van der Waals surface area contributed by atoms with Gasteiger partial charge in [-0.1, -0.05) is 19.9 Å². The van der Waals surface area contributed by atoms with Crippen molar-refractivity contribution in [2.24, 2.45) is 5.92 Å². The standard InChI is InChI=1S/C25H33N5O5/c1-15(2)11-18(24(32)29-21(26)9-10-27-14-25(4,5)33)30-13-17(12-22(30)31)35-20-8-6-7-19-23(20)28-16(3)34-19/h6-10,12,15,18,27,33H,11,13-14H2,1-5H3,(H2,26,29,32)/b10-9-/t18-/m0/s1. The number of amides is 2. The van der Waals surface area contributed by atoms with Gasteiger partial charge in [-0.3, -0.25) is 15.0 Å². The zero-order valence-electron chi connectivity index (χ0n) is 20.7. The van der Waals surface area contributed by atoms with Crippen molar-refractivity contribution in [2.75, 3.05) is 13.1 Å². The van der Waals surface area contributed by atoms with Crippen LogP contribution in [0.4, 0.5) is 0 Å². The van der Waals surface area contributed by atoms with Gasteiger partial charge in [-0.15, -0.1) is 0 Å². The van der Waals surface area contributed by atoms with Gasteiger partial charge in [-0.2, -0.15) is 0 Å². The molecule has 0 saturated heterocycles.